The third-order valence-corrected chi connectivity index (χ3v) is 6.65. The van der Waals surface area contributed by atoms with Crippen molar-refractivity contribution >= 4 is 15.7 Å². The van der Waals surface area contributed by atoms with Gasteiger partial charge in [-0.15, -0.1) is 0 Å². The van der Waals surface area contributed by atoms with Crippen molar-refractivity contribution in [1.82, 2.24) is 4.31 Å². The van der Waals surface area contributed by atoms with Gasteiger partial charge in [0.15, 0.2) is 11.5 Å². The van der Waals surface area contributed by atoms with Crippen molar-refractivity contribution in [1.29, 1.82) is 0 Å². The van der Waals surface area contributed by atoms with E-state index in [4.69, 9.17) is 9.47 Å². The molecule has 4 rings (SSSR count). The lowest BCUT2D eigenvalue weighted by atomic mass is 10.2. The van der Waals surface area contributed by atoms with Crippen molar-refractivity contribution in [2.75, 3.05) is 44.3 Å². The van der Waals surface area contributed by atoms with Crippen molar-refractivity contribution in [3.05, 3.63) is 48.0 Å². The summed E-state index contributed by atoms with van der Waals surface area (Å²) >= 11 is 0. The molecular formula is C19H22N2O4S. The normalized spacial score (nSPS) is 18.0. The highest BCUT2D eigenvalue weighted by Crippen LogP contribution is 2.33. The van der Waals surface area contributed by atoms with E-state index in [1.54, 1.807) is 22.5 Å². The third kappa shape index (κ3) is 3.24. The molecule has 0 atom stereocenters. The van der Waals surface area contributed by atoms with Gasteiger partial charge in [0.05, 0.1) is 4.90 Å². The molecule has 2 aromatic rings. The molecule has 1 saturated heterocycles. The summed E-state index contributed by atoms with van der Waals surface area (Å²) in [6.45, 7) is 5.26. The van der Waals surface area contributed by atoms with Crippen molar-refractivity contribution < 1.29 is 17.9 Å². The van der Waals surface area contributed by atoms with E-state index in [-0.39, 0.29) is 4.90 Å². The lowest BCUT2D eigenvalue weighted by Gasteiger charge is -2.35. The standard InChI is InChI=1S/C19H22N2O4S/c1-15-3-2-4-16(13-15)20-7-9-21(10-8-20)26(22,23)17-5-6-18-19(14-17)25-12-11-24-18/h2-6,13-14H,7-12H2,1H3. The maximum absolute atomic E-state index is 13.0. The van der Waals surface area contributed by atoms with E-state index in [0.717, 1.165) is 5.69 Å². The number of benzene rings is 2. The van der Waals surface area contributed by atoms with Gasteiger partial charge in [0, 0.05) is 37.9 Å². The zero-order valence-electron chi connectivity index (χ0n) is 14.7. The first-order chi connectivity index (χ1) is 12.5. The average molecular weight is 374 g/mol. The summed E-state index contributed by atoms with van der Waals surface area (Å²) in [5.41, 5.74) is 2.34. The Morgan fingerprint density at radius 3 is 2.35 bits per heavy atom. The van der Waals surface area contributed by atoms with Crippen LogP contribution in [0.5, 0.6) is 11.5 Å². The molecule has 2 aliphatic rings. The summed E-state index contributed by atoms with van der Waals surface area (Å²) in [7, 11) is -3.54. The molecule has 0 bridgehead atoms. The molecule has 0 N–H and O–H groups in total. The minimum Gasteiger partial charge on any atom is -0.486 e. The van der Waals surface area contributed by atoms with E-state index in [9.17, 15) is 8.42 Å². The predicted molar refractivity (Wildman–Crippen MR) is 99.6 cm³/mol. The van der Waals surface area contributed by atoms with Gasteiger partial charge in [0.1, 0.15) is 13.2 Å². The molecule has 0 unspecified atom stereocenters. The molecule has 1 fully saturated rings. The molecule has 2 heterocycles. The molecule has 0 radical (unpaired) electrons. The van der Waals surface area contributed by atoms with Crippen LogP contribution in [-0.4, -0.2) is 52.1 Å². The monoisotopic (exact) mass is 374 g/mol. The maximum Gasteiger partial charge on any atom is 0.243 e. The summed E-state index contributed by atoms with van der Waals surface area (Å²) in [5, 5.41) is 0. The zero-order chi connectivity index (χ0) is 18.1. The largest absolute Gasteiger partial charge is 0.486 e. The fraction of sp³-hybridized carbons (Fsp3) is 0.368. The van der Waals surface area contributed by atoms with Crippen molar-refractivity contribution in [2.45, 2.75) is 11.8 Å². The van der Waals surface area contributed by atoms with Crippen LogP contribution < -0.4 is 14.4 Å². The minimum absolute atomic E-state index is 0.255. The van der Waals surface area contributed by atoms with Crippen molar-refractivity contribution in [2.24, 2.45) is 0 Å². The highest BCUT2D eigenvalue weighted by atomic mass is 32.2. The van der Waals surface area contributed by atoms with Crippen LogP contribution in [0.2, 0.25) is 0 Å². The second-order valence-electron chi connectivity index (χ2n) is 6.54. The number of rotatable bonds is 3. The fourth-order valence-electron chi connectivity index (χ4n) is 3.34. The molecule has 7 heteroatoms. The van der Waals surface area contributed by atoms with Crippen LogP contribution in [0.1, 0.15) is 5.56 Å². The molecular weight excluding hydrogens is 352 g/mol. The van der Waals surface area contributed by atoms with Gasteiger partial charge in [-0.2, -0.15) is 4.31 Å². The van der Waals surface area contributed by atoms with Crippen LogP contribution in [0, 0.1) is 6.92 Å². The number of fused-ring (bicyclic) bond motifs is 1. The van der Waals surface area contributed by atoms with E-state index in [2.05, 4.69) is 30.0 Å². The topological polar surface area (TPSA) is 59.1 Å². The quantitative estimate of drug-likeness (QED) is 0.825. The zero-order valence-corrected chi connectivity index (χ0v) is 15.5. The van der Waals surface area contributed by atoms with E-state index < -0.39 is 10.0 Å². The van der Waals surface area contributed by atoms with Gasteiger partial charge in [0.2, 0.25) is 10.0 Å². The molecule has 0 saturated carbocycles. The number of hydrogen-bond donors (Lipinski definition) is 0. The molecule has 6 nitrogen and oxygen atoms in total. The molecule has 0 aliphatic carbocycles. The Morgan fingerprint density at radius 1 is 0.885 bits per heavy atom. The van der Waals surface area contributed by atoms with Crippen molar-refractivity contribution in [3.63, 3.8) is 0 Å². The van der Waals surface area contributed by atoms with E-state index in [1.165, 1.54) is 5.56 Å². The Morgan fingerprint density at radius 2 is 1.62 bits per heavy atom. The van der Waals surface area contributed by atoms with Crippen molar-refractivity contribution in [3.8, 4) is 11.5 Å². The van der Waals surface area contributed by atoms with Gasteiger partial charge in [-0.3, -0.25) is 0 Å². The highest BCUT2D eigenvalue weighted by molar-refractivity contribution is 7.89. The van der Waals surface area contributed by atoms with Gasteiger partial charge < -0.3 is 14.4 Å². The fourth-order valence-corrected chi connectivity index (χ4v) is 4.78. The van der Waals surface area contributed by atoms with Gasteiger partial charge >= 0.3 is 0 Å². The molecule has 26 heavy (non-hydrogen) atoms. The highest BCUT2D eigenvalue weighted by Gasteiger charge is 2.29. The molecule has 0 aromatic heterocycles. The van der Waals surface area contributed by atoms with E-state index in [0.29, 0.717) is 50.9 Å². The Kier molecular flexibility index (Phi) is 4.50. The van der Waals surface area contributed by atoms with Gasteiger partial charge in [-0.05, 0) is 36.8 Å². The summed E-state index contributed by atoms with van der Waals surface area (Å²) < 4.78 is 38.5. The molecule has 0 spiro atoms. The number of anilines is 1. The van der Waals surface area contributed by atoms with Crippen LogP contribution in [0.4, 0.5) is 5.69 Å². The van der Waals surface area contributed by atoms with Gasteiger partial charge in [-0.25, -0.2) is 8.42 Å². The lowest BCUT2D eigenvalue weighted by Crippen LogP contribution is -2.48. The summed E-state index contributed by atoms with van der Waals surface area (Å²) in [4.78, 5) is 2.48. The smallest absolute Gasteiger partial charge is 0.243 e. The minimum atomic E-state index is -3.54. The number of ether oxygens (including phenoxy) is 2. The van der Waals surface area contributed by atoms with Crippen LogP contribution in [-0.2, 0) is 10.0 Å². The molecule has 0 amide bonds. The maximum atomic E-state index is 13.0. The summed E-state index contributed by atoms with van der Waals surface area (Å²) in [6.07, 6.45) is 0. The summed E-state index contributed by atoms with van der Waals surface area (Å²) in [6, 6.07) is 13.1. The Balaban J connectivity index is 1.50. The van der Waals surface area contributed by atoms with Gasteiger partial charge in [-0.1, -0.05) is 12.1 Å². The number of piperazine rings is 1. The summed E-state index contributed by atoms with van der Waals surface area (Å²) in [5.74, 6) is 1.09. The second kappa shape index (κ2) is 6.81. The van der Waals surface area contributed by atoms with Gasteiger partial charge in [0.25, 0.3) is 0 Å². The SMILES string of the molecule is Cc1cccc(N2CCN(S(=O)(=O)c3ccc4c(c3)OCCO4)CC2)c1. The number of aryl methyl sites for hydroxylation is 1. The second-order valence-corrected chi connectivity index (χ2v) is 8.47. The molecule has 2 aromatic carbocycles. The lowest BCUT2D eigenvalue weighted by molar-refractivity contribution is 0.171. The van der Waals surface area contributed by atoms with Crippen LogP contribution in [0.25, 0.3) is 0 Å². The first kappa shape index (κ1) is 17.2. The first-order valence-electron chi connectivity index (χ1n) is 8.75. The Bertz CT molecular complexity index is 906. The Hall–Kier alpha value is -2.25. The average Bonchev–Trinajstić information content (AvgIpc) is 2.67. The van der Waals surface area contributed by atoms with Crippen LogP contribution in [0.15, 0.2) is 47.4 Å². The Labute approximate surface area is 154 Å². The van der Waals surface area contributed by atoms with Crippen LogP contribution >= 0.6 is 0 Å². The van der Waals surface area contributed by atoms with E-state index in [1.807, 2.05) is 6.07 Å². The van der Waals surface area contributed by atoms with Crippen LogP contribution in [0.3, 0.4) is 0 Å². The predicted octanol–water partition coefficient (Wildman–Crippen LogP) is 2.28. The number of hydrogen-bond acceptors (Lipinski definition) is 5. The third-order valence-electron chi connectivity index (χ3n) is 4.76. The van der Waals surface area contributed by atoms with E-state index >= 15 is 0 Å². The molecule has 138 valence electrons. The number of sulfonamides is 1. The molecule has 2 aliphatic heterocycles. The number of nitrogens with zero attached hydrogens (tertiary/aromatic N) is 2. The first-order valence-corrected chi connectivity index (χ1v) is 10.2.